The Morgan fingerprint density at radius 1 is 1.21 bits per heavy atom. The number of hydrogen-bond acceptors (Lipinski definition) is 6. The van der Waals surface area contributed by atoms with Crippen LogP contribution in [0.3, 0.4) is 0 Å². The molecule has 3 aliphatic rings. The van der Waals surface area contributed by atoms with Gasteiger partial charge in [-0.15, -0.1) is 0 Å². The van der Waals surface area contributed by atoms with E-state index >= 15 is 0 Å². The molecule has 3 aliphatic heterocycles. The summed E-state index contributed by atoms with van der Waals surface area (Å²) in [5, 5.41) is 13.9. The Balaban J connectivity index is 1.36. The summed E-state index contributed by atoms with van der Waals surface area (Å²) in [6.45, 7) is 1.59. The van der Waals surface area contributed by atoms with Crippen molar-refractivity contribution < 1.29 is 9.47 Å². The van der Waals surface area contributed by atoms with Crippen molar-refractivity contribution in [3.05, 3.63) is 36.3 Å². The van der Waals surface area contributed by atoms with E-state index in [1.807, 2.05) is 27.8 Å². The highest BCUT2D eigenvalue weighted by Gasteiger charge is 2.48. The Bertz CT molecular complexity index is 1040. The lowest BCUT2D eigenvalue weighted by Crippen LogP contribution is -2.50. The summed E-state index contributed by atoms with van der Waals surface area (Å²) in [6.07, 6.45) is 9.42. The molecule has 4 atom stereocenters. The van der Waals surface area contributed by atoms with Crippen molar-refractivity contribution in [1.29, 1.82) is 0 Å². The van der Waals surface area contributed by atoms with E-state index in [4.69, 9.17) is 19.6 Å². The zero-order valence-electron chi connectivity index (χ0n) is 16.0. The van der Waals surface area contributed by atoms with Gasteiger partial charge in [0.1, 0.15) is 11.8 Å². The van der Waals surface area contributed by atoms with E-state index in [1.165, 1.54) is 6.42 Å². The molecule has 3 aromatic heterocycles. The van der Waals surface area contributed by atoms with Crippen LogP contribution in [-0.2, 0) is 15.1 Å². The van der Waals surface area contributed by atoms with Crippen molar-refractivity contribution in [1.82, 2.24) is 29.9 Å². The number of halogens is 1. The van der Waals surface area contributed by atoms with Crippen LogP contribution in [0.5, 0.6) is 0 Å². The number of alkyl halides is 1. The summed E-state index contributed by atoms with van der Waals surface area (Å²) in [4.78, 5) is 5.00. The van der Waals surface area contributed by atoms with Crippen molar-refractivity contribution in [2.75, 3.05) is 13.2 Å². The highest BCUT2D eigenvalue weighted by molar-refractivity contribution is 14.1. The summed E-state index contributed by atoms with van der Waals surface area (Å²) in [7, 11) is 0. The standard InChI is InChI=1S/C20H23IN6O2/c21-18-14-6-8-20(29-14,12-22-18)15-5-4-13-11-23-27(19(13)24-15)16-7-9-26(25-16)17-3-1-2-10-28-17/h4-5,7,9,11,14,17-18,22H,1-3,6,8,10,12H2. The van der Waals surface area contributed by atoms with E-state index in [2.05, 4.69) is 45.1 Å². The monoisotopic (exact) mass is 506 g/mol. The fraction of sp³-hybridized carbons (Fsp3) is 0.550. The molecular formula is C20H23IN6O2. The van der Waals surface area contributed by atoms with Crippen molar-refractivity contribution in [3.63, 3.8) is 0 Å². The highest BCUT2D eigenvalue weighted by atomic mass is 127. The Labute approximate surface area is 182 Å². The van der Waals surface area contributed by atoms with Gasteiger partial charge in [-0.1, -0.05) is 22.6 Å². The SMILES string of the molecule is IC1NCC2(c3ccc4cnn(-c5ccn(C6CCCCO6)n5)c4n3)CCC1O2. The van der Waals surface area contributed by atoms with Crippen LogP contribution in [0.15, 0.2) is 30.6 Å². The smallest absolute Gasteiger partial charge is 0.177 e. The third-order valence-electron chi connectivity index (χ3n) is 6.27. The minimum Gasteiger partial charge on any atom is -0.362 e. The first-order valence-corrected chi connectivity index (χ1v) is 11.5. The van der Waals surface area contributed by atoms with Gasteiger partial charge in [-0.3, -0.25) is 0 Å². The summed E-state index contributed by atoms with van der Waals surface area (Å²) in [5.74, 6) is 0.760. The predicted molar refractivity (Wildman–Crippen MR) is 115 cm³/mol. The molecule has 8 nitrogen and oxygen atoms in total. The third-order valence-corrected chi connectivity index (χ3v) is 7.51. The summed E-state index contributed by atoms with van der Waals surface area (Å²) >= 11 is 2.43. The number of hydrogen-bond donors (Lipinski definition) is 1. The van der Waals surface area contributed by atoms with Gasteiger partial charge in [0.25, 0.3) is 0 Å². The van der Waals surface area contributed by atoms with Gasteiger partial charge in [0.15, 0.2) is 11.5 Å². The summed E-state index contributed by atoms with van der Waals surface area (Å²) < 4.78 is 16.4. The average molecular weight is 506 g/mol. The molecule has 9 heteroatoms. The molecule has 4 unspecified atom stereocenters. The third kappa shape index (κ3) is 3.01. The maximum Gasteiger partial charge on any atom is 0.177 e. The van der Waals surface area contributed by atoms with Crippen LogP contribution in [0, 0.1) is 0 Å². The normalized spacial score (nSPS) is 32.1. The zero-order chi connectivity index (χ0) is 19.4. The summed E-state index contributed by atoms with van der Waals surface area (Å²) in [5.41, 5.74) is 1.45. The fourth-order valence-corrected chi connectivity index (χ4v) is 5.38. The lowest BCUT2D eigenvalue weighted by Gasteiger charge is -2.36. The number of fused-ring (bicyclic) bond motifs is 3. The molecule has 0 radical (unpaired) electrons. The van der Waals surface area contributed by atoms with E-state index in [0.717, 1.165) is 61.4 Å². The molecule has 3 aromatic rings. The molecule has 0 saturated carbocycles. The maximum absolute atomic E-state index is 6.44. The molecule has 3 fully saturated rings. The van der Waals surface area contributed by atoms with Gasteiger partial charge in [-0.25, -0.2) is 9.67 Å². The Kier molecular flexibility index (Phi) is 4.40. The second kappa shape index (κ2) is 7.00. The molecule has 152 valence electrons. The summed E-state index contributed by atoms with van der Waals surface area (Å²) in [6, 6.07) is 6.15. The first-order chi connectivity index (χ1) is 14.2. The molecular weight excluding hydrogens is 483 g/mol. The number of ether oxygens (including phenoxy) is 2. The van der Waals surface area contributed by atoms with Crippen LogP contribution >= 0.6 is 22.6 Å². The van der Waals surface area contributed by atoms with Crippen LogP contribution in [-0.4, -0.2) is 47.8 Å². The van der Waals surface area contributed by atoms with Crippen LogP contribution in [0.1, 0.15) is 44.0 Å². The number of rotatable bonds is 3. The molecule has 0 aliphatic carbocycles. The van der Waals surface area contributed by atoms with Gasteiger partial charge in [-0.2, -0.15) is 14.9 Å². The van der Waals surface area contributed by atoms with Crippen LogP contribution in [0.25, 0.3) is 16.9 Å². The van der Waals surface area contributed by atoms with Crippen molar-refractivity contribution in [2.24, 2.45) is 0 Å². The second-order valence-corrected chi connectivity index (χ2v) is 9.45. The first-order valence-electron chi connectivity index (χ1n) is 10.3. The van der Waals surface area contributed by atoms with Gasteiger partial charge in [-0.05, 0) is 44.2 Å². The molecule has 6 heterocycles. The molecule has 0 spiro atoms. The number of pyridine rings is 1. The predicted octanol–water partition coefficient (Wildman–Crippen LogP) is 3.05. The topological polar surface area (TPSA) is 79.0 Å². The van der Waals surface area contributed by atoms with Crippen LogP contribution in [0.4, 0.5) is 0 Å². The van der Waals surface area contributed by atoms with E-state index in [0.29, 0.717) is 4.05 Å². The fourth-order valence-electron chi connectivity index (χ4n) is 4.65. The molecule has 0 amide bonds. The highest BCUT2D eigenvalue weighted by Crippen LogP contribution is 2.43. The maximum atomic E-state index is 6.44. The molecule has 0 aromatic carbocycles. The van der Waals surface area contributed by atoms with E-state index in [-0.39, 0.29) is 17.9 Å². The van der Waals surface area contributed by atoms with Crippen LogP contribution < -0.4 is 5.32 Å². The average Bonchev–Trinajstić information content (AvgIpc) is 3.49. The van der Waals surface area contributed by atoms with E-state index < -0.39 is 0 Å². The molecule has 29 heavy (non-hydrogen) atoms. The van der Waals surface area contributed by atoms with Crippen LogP contribution in [0.2, 0.25) is 0 Å². The quantitative estimate of drug-likeness (QED) is 0.334. The van der Waals surface area contributed by atoms with Crippen molar-refractivity contribution in [3.8, 4) is 5.82 Å². The number of nitrogens with one attached hydrogen (secondary N) is 1. The van der Waals surface area contributed by atoms with Crippen molar-refractivity contribution >= 4 is 33.6 Å². The molecule has 1 N–H and O–H groups in total. The number of aromatic nitrogens is 5. The van der Waals surface area contributed by atoms with Gasteiger partial charge in [0.2, 0.25) is 0 Å². The van der Waals surface area contributed by atoms with Gasteiger partial charge < -0.3 is 14.8 Å². The molecule has 3 saturated heterocycles. The Hall–Kier alpha value is -1.56. The van der Waals surface area contributed by atoms with Gasteiger partial charge >= 0.3 is 0 Å². The largest absolute Gasteiger partial charge is 0.362 e. The second-order valence-electron chi connectivity index (χ2n) is 8.11. The Morgan fingerprint density at radius 3 is 3.07 bits per heavy atom. The molecule has 6 rings (SSSR count). The minimum absolute atomic E-state index is 0.0140. The van der Waals surface area contributed by atoms with E-state index in [9.17, 15) is 0 Å². The number of nitrogens with zero attached hydrogens (tertiary/aromatic N) is 5. The Morgan fingerprint density at radius 2 is 2.17 bits per heavy atom. The van der Waals surface area contributed by atoms with Gasteiger partial charge in [0.05, 0.1) is 22.0 Å². The molecule has 2 bridgehead atoms. The van der Waals surface area contributed by atoms with E-state index in [1.54, 1.807) is 0 Å². The lowest BCUT2D eigenvalue weighted by molar-refractivity contribution is -0.0744. The lowest BCUT2D eigenvalue weighted by atomic mass is 9.95. The van der Waals surface area contributed by atoms with Gasteiger partial charge in [0, 0.05) is 30.8 Å². The number of morpholine rings is 1. The minimum atomic E-state index is -0.342. The van der Waals surface area contributed by atoms with Crippen molar-refractivity contribution in [2.45, 2.75) is 54.1 Å². The first kappa shape index (κ1) is 18.2. The zero-order valence-corrected chi connectivity index (χ0v) is 18.2.